The van der Waals surface area contributed by atoms with Crippen LogP contribution in [0.15, 0.2) is 53.4 Å². The fraction of sp³-hybridized carbons (Fsp3) is 0.409. The average Bonchev–Trinajstić information content (AvgIpc) is 2.73. The van der Waals surface area contributed by atoms with Gasteiger partial charge in [0.05, 0.1) is 4.90 Å². The van der Waals surface area contributed by atoms with Gasteiger partial charge in [-0.25, -0.2) is 22.7 Å². The Balaban J connectivity index is 1.37. The molecule has 0 spiro atoms. The third-order valence-electron chi connectivity index (χ3n) is 5.40. The van der Waals surface area contributed by atoms with Gasteiger partial charge in [0.2, 0.25) is 10.0 Å². The molecule has 0 saturated carbocycles. The van der Waals surface area contributed by atoms with Crippen LogP contribution in [0.3, 0.4) is 0 Å². The first-order valence-corrected chi connectivity index (χ1v) is 12.0. The standard InChI is InChI=1S/C22H29FN4O3S/c23-19-9-7-17(8-10-19)14-18-4-2-12-27(16-18)13-3-11-25-22(28)26-20-5-1-6-21(15-20)31(24,29)30/h1,5-10,15,18H,2-4,11-14,16H2,(H2,24,29,30)(H2,25,26,28). The number of hydrogen-bond acceptors (Lipinski definition) is 4. The lowest BCUT2D eigenvalue weighted by atomic mass is 9.91. The van der Waals surface area contributed by atoms with Crippen LogP contribution in [-0.2, 0) is 16.4 Å². The Labute approximate surface area is 182 Å². The molecular formula is C22H29FN4O3S. The molecule has 1 unspecified atom stereocenters. The number of urea groups is 1. The second-order valence-electron chi connectivity index (χ2n) is 7.95. The van der Waals surface area contributed by atoms with E-state index >= 15 is 0 Å². The van der Waals surface area contributed by atoms with Crippen LogP contribution in [0, 0.1) is 11.7 Å². The molecule has 3 rings (SSSR count). The number of hydrogen-bond donors (Lipinski definition) is 3. The van der Waals surface area contributed by atoms with E-state index in [0.29, 0.717) is 18.2 Å². The van der Waals surface area contributed by atoms with Gasteiger partial charge >= 0.3 is 6.03 Å². The van der Waals surface area contributed by atoms with Crippen molar-refractivity contribution in [1.82, 2.24) is 10.2 Å². The van der Waals surface area contributed by atoms with E-state index in [1.54, 1.807) is 6.07 Å². The molecule has 2 aromatic carbocycles. The number of nitrogens with zero attached hydrogens (tertiary/aromatic N) is 1. The minimum absolute atomic E-state index is 0.0504. The summed E-state index contributed by atoms with van der Waals surface area (Å²) in [7, 11) is -3.81. The van der Waals surface area contributed by atoms with Crippen LogP contribution < -0.4 is 15.8 Å². The highest BCUT2D eigenvalue weighted by Gasteiger charge is 2.20. The predicted octanol–water partition coefficient (Wildman–Crippen LogP) is 2.94. The number of nitrogens with one attached hydrogen (secondary N) is 2. The fourth-order valence-corrected chi connectivity index (χ4v) is 4.46. The molecule has 0 bridgehead atoms. The van der Waals surface area contributed by atoms with Gasteiger partial charge in [-0.3, -0.25) is 0 Å². The quantitative estimate of drug-likeness (QED) is 0.540. The lowest BCUT2D eigenvalue weighted by Crippen LogP contribution is -2.38. The maximum absolute atomic E-state index is 13.1. The van der Waals surface area contributed by atoms with Gasteiger partial charge in [0.1, 0.15) is 5.82 Å². The summed E-state index contributed by atoms with van der Waals surface area (Å²) in [6.45, 7) is 3.46. The number of benzene rings is 2. The van der Waals surface area contributed by atoms with Gasteiger partial charge in [0, 0.05) is 18.8 Å². The summed E-state index contributed by atoms with van der Waals surface area (Å²) in [5.41, 5.74) is 1.53. The number of halogens is 1. The van der Waals surface area contributed by atoms with E-state index < -0.39 is 10.0 Å². The van der Waals surface area contributed by atoms with Crippen molar-refractivity contribution < 1.29 is 17.6 Å². The highest BCUT2D eigenvalue weighted by molar-refractivity contribution is 7.89. The molecule has 0 aliphatic carbocycles. The second-order valence-corrected chi connectivity index (χ2v) is 9.51. The molecule has 1 aliphatic heterocycles. The molecular weight excluding hydrogens is 419 g/mol. The Bertz CT molecular complexity index is 983. The van der Waals surface area contributed by atoms with Gasteiger partial charge in [0.15, 0.2) is 0 Å². The zero-order valence-corrected chi connectivity index (χ0v) is 18.2. The third kappa shape index (κ3) is 7.61. The minimum Gasteiger partial charge on any atom is -0.338 e. The number of carbonyl (C=O) groups is 1. The van der Waals surface area contributed by atoms with Gasteiger partial charge in [0.25, 0.3) is 0 Å². The lowest BCUT2D eigenvalue weighted by molar-refractivity contribution is 0.172. The van der Waals surface area contributed by atoms with Crippen molar-refractivity contribution in [2.45, 2.75) is 30.6 Å². The van der Waals surface area contributed by atoms with E-state index in [1.807, 2.05) is 12.1 Å². The van der Waals surface area contributed by atoms with Gasteiger partial charge in [-0.1, -0.05) is 18.2 Å². The maximum Gasteiger partial charge on any atom is 0.319 e. The fourth-order valence-electron chi connectivity index (χ4n) is 3.91. The molecule has 9 heteroatoms. The summed E-state index contributed by atoms with van der Waals surface area (Å²) in [4.78, 5) is 14.4. The number of rotatable bonds is 8. The van der Waals surface area contributed by atoms with E-state index in [0.717, 1.165) is 44.5 Å². The molecule has 168 valence electrons. The van der Waals surface area contributed by atoms with Crippen LogP contribution in [0.1, 0.15) is 24.8 Å². The highest BCUT2D eigenvalue weighted by atomic mass is 32.2. The molecule has 7 nitrogen and oxygen atoms in total. The monoisotopic (exact) mass is 448 g/mol. The van der Waals surface area contributed by atoms with Gasteiger partial charge in [-0.2, -0.15) is 0 Å². The van der Waals surface area contributed by atoms with Crippen molar-refractivity contribution in [3.05, 3.63) is 59.9 Å². The van der Waals surface area contributed by atoms with Crippen molar-refractivity contribution in [3.8, 4) is 0 Å². The van der Waals surface area contributed by atoms with Crippen LogP contribution >= 0.6 is 0 Å². The molecule has 1 atom stereocenters. The number of anilines is 1. The Morgan fingerprint density at radius 3 is 2.71 bits per heavy atom. The SMILES string of the molecule is NS(=O)(=O)c1cccc(NC(=O)NCCCN2CCCC(Cc3ccc(F)cc3)C2)c1. The molecule has 1 saturated heterocycles. The molecule has 2 aromatic rings. The van der Waals surface area contributed by atoms with Gasteiger partial charge < -0.3 is 15.5 Å². The number of primary sulfonamides is 1. The van der Waals surface area contributed by atoms with Crippen LogP contribution in [0.4, 0.5) is 14.9 Å². The number of carbonyl (C=O) groups excluding carboxylic acids is 1. The van der Waals surface area contributed by atoms with Crippen molar-refractivity contribution in [3.63, 3.8) is 0 Å². The summed E-state index contributed by atoms with van der Waals surface area (Å²) >= 11 is 0. The summed E-state index contributed by atoms with van der Waals surface area (Å²) in [6, 6.07) is 12.2. The van der Waals surface area contributed by atoms with E-state index in [9.17, 15) is 17.6 Å². The van der Waals surface area contributed by atoms with E-state index in [2.05, 4.69) is 15.5 Å². The molecule has 31 heavy (non-hydrogen) atoms. The summed E-state index contributed by atoms with van der Waals surface area (Å²) in [5, 5.41) is 10.5. The molecule has 1 heterocycles. The molecule has 1 aliphatic rings. The maximum atomic E-state index is 13.1. The topological polar surface area (TPSA) is 105 Å². The summed E-state index contributed by atoms with van der Waals surface area (Å²) in [6.07, 6.45) is 4.08. The Morgan fingerprint density at radius 1 is 1.19 bits per heavy atom. The molecule has 1 fully saturated rings. The number of amides is 2. The largest absolute Gasteiger partial charge is 0.338 e. The molecule has 2 amide bonds. The normalized spacial score (nSPS) is 17.3. The number of sulfonamides is 1. The zero-order chi connectivity index (χ0) is 22.3. The lowest BCUT2D eigenvalue weighted by Gasteiger charge is -2.32. The third-order valence-corrected chi connectivity index (χ3v) is 6.31. The Kier molecular flexibility index (Phi) is 8.00. The van der Waals surface area contributed by atoms with Crippen LogP contribution in [0.25, 0.3) is 0 Å². The predicted molar refractivity (Wildman–Crippen MR) is 119 cm³/mol. The van der Waals surface area contributed by atoms with Gasteiger partial charge in [-0.15, -0.1) is 0 Å². The Hall–Kier alpha value is -2.49. The first kappa shape index (κ1) is 23.2. The molecule has 0 aromatic heterocycles. The highest BCUT2D eigenvalue weighted by Crippen LogP contribution is 2.21. The molecule has 0 radical (unpaired) electrons. The van der Waals surface area contributed by atoms with Crippen molar-refractivity contribution in [2.24, 2.45) is 11.1 Å². The number of piperidine rings is 1. The van der Waals surface area contributed by atoms with Crippen LogP contribution in [0.2, 0.25) is 0 Å². The zero-order valence-electron chi connectivity index (χ0n) is 17.4. The van der Waals surface area contributed by atoms with Crippen LogP contribution in [0.5, 0.6) is 0 Å². The van der Waals surface area contributed by atoms with E-state index in [4.69, 9.17) is 5.14 Å². The first-order chi connectivity index (χ1) is 14.8. The van der Waals surface area contributed by atoms with Crippen LogP contribution in [-0.4, -0.2) is 45.5 Å². The summed E-state index contributed by atoms with van der Waals surface area (Å²) in [5.74, 6) is 0.351. The minimum atomic E-state index is -3.81. The number of likely N-dealkylation sites (tertiary alicyclic amines) is 1. The number of nitrogens with two attached hydrogens (primary N) is 1. The van der Waals surface area contributed by atoms with Crippen molar-refractivity contribution in [2.75, 3.05) is 31.5 Å². The smallest absolute Gasteiger partial charge is 0.319 e. The Morgan fingerprint density at radius 2 is 1.97 bits per heavy atom. The van der Waals surface area contributed by atoms with Gasteiger partial charge in [-0.05, 0) is 80.6 Å². The average molecular weight is 449 g/mol. The summed E-state index contributed by atoms with van der Waals surface area (Å²) < 4.78 is 35.9. The van der Waals surface area contributed by atoms with Crippen molar-refractivity contribution >= 4 is 21.7 Å². The van der Waals surface area contributed by atoms with E-state index in [-0.39, 0.29) is 16.7 Å². The van der Waals surface area contributed by atoms with E-state index in [1.165, 1.54) is 36.8 Å². The van der Waals surface area contributed by atoms with Crippen molar-refractivity contribution in [1.29, 1.82) is 0 Å². The molecule has 4 N–H and O–H groups in total. The first-order valence-electron chi connectivity index (χ1n) is 10.4. The second kappa shape index (κ2) is 10.7.